The second-order valence-electron chi connectivity index (χ2n) is 4.93. The summed E-state index contributed by atoms with van der Waals surface area (Å²) in [5.74, 6) is -0.261. The molecular weight excluding hydrogens is 316 g/mol. The van der Waals surface area contributed by atoms with Crippen molar-refractivity contribution in [2.24, 2.45) is 0 Å². The Labute approximate surface area is 139 Å². The Hall–Kier alpha value is -2.66. The summed E-state index contributed by atoms with van der Waals surface area (Å²) in [6.45, 7) is 0.361. The Balaban J connectivity index is 2.10. The highest BCUT2D eigenvalue weighted by molar-refractivity contribution is 6.31. The van der Waals surface area contributed by atoms with E-state index < -0.39 is 4.92 Å². The minimum Gasteiger partial charge on any atom is -0.338 e. The first-order valence-corrected chi connectivity index (χ1v) is 7.27. The number of hydrogen-bond donors (Lipinski definition) is 0. The molecule has 2 aromatic rings. The molecule has 118 valence electrons. The molecule has 0 aromatic heterocycles. The number of halogens is 1. The fraction of sp³-hybridized carbons (Fsp3) is 0.118. The van der Waals surface area contributed by atoms with Gasteiger partial charge in [-0.05, 0) is 23.8 Å². The van der Waals surface area contributed by atoms with E-state index in [9.17, 15) is 14.9 Å². The predicted molar refractivity (Wildman–Crippen MR) is 90.1 cm³/mol. The normalized spacial score (nSPS) is 10.7. The molecule has 6 heteroatoms. The first-order valence-electron chi connectivity index (χ1n) is 6.89. The molecule has 2 rings (SSSR count). The largest absolute Gasteiger partial charge is 0.338 e. The summed E-state index contributed by atoms with van der Waals surface area (Å²) in [5, 5.41) is 11.5. The number of likely N-dealkylation sites (N-methyl/N-ethyl adjacent to an activating group) is 1. The first kappa shape index (κ1) is 16.7. The van der Waals surface area contributed by atoms with E-state index in [2.05, 4.69) is 0 Å². The number of amides is 1. The SMILES string of the molecule is CN(Cc1ccccc1Cl)C(=O)C=Cc1ccccc1[N+](=O)[O-]. The van der Waals surface area contributed by atoms with Crippen LogP contribution in [-0.2, 0) is 11.3 Å². The number of hydrogen-bond acceptors (Lipinski definition) is 3. The Bertz CT molecular complexity index is 759. The molecule has 0 aliphatic carbocycles. The van der Waals surface area contributed by atoms with Crippen molar-refractivity contribution in [3.63, 3.8) is 0 Å². The summed E-state index contributed by atoms with van der Waals surface area (Å²) in [6.07, 6.45) is 2.77. The Morgan fingerprint density at radius 1 is 1.22 bits per heavy atom. The van der Waals surface area contributed by atoms with Crippen LogP contribution in [0.2, 0.25) is 5.02 Å². The van der Waals surface area contributed by atoms with Crippen LogP contribution in [0.3, 0.4) is 0 Å². The fourth-order valence-electron chi connectivity index (χ4n) is 2.04. The fourth-order valence-corrected chi connectivity index (χ4v) is 2.24. The maximum absolute atomic E-state index is 12.1. The molecule has 0 heterocycles. The molecule has 0 fully saturated rings. The second kappa shape index (κ2) is 7.56. The maximum atomic E-state index is 12.1. The van der Waals surface area contributed by atoms with Gasteiger partial charge in [0.25, 0.3) is 5.69 Å². The minimum absolute atomic E-state index is 0.0368. The van der Waals surface area contributed by atoms with Crippen LogP contribution in [-0.4, -0.2) is 22.8 Å². The first-order chi connectivity index (χ1) is 11.0. The molecule has 0 saturated carbocycles. The van der Waals surface area contributed by atoms with Gasteiger partial charge in [-0.2, -0.15) is 0 Å². The van der Waals surface area contributed by atoms with Crippen LogP contribution < -0.4 is 0 Å². The quantitative estimate of drug-likeness (QED) is 0.474. The summed E-state index contributed by atoms with van der Waals surface area (Å²) in [6, 6.07) is 13.5. The summed E-state index contributed by atoms with van der Waals surface area (Å²) in [7, 11) is 1.65. The minimum atomic E-state index is -0.475. The molecule has 0 aliphatic rings. The van der Waals surface area contributed by atoms with E-state index in [1.54, 1.807) is 31.3 Å². The lowest BCUT2D eigenvalue weighted by Gasteiger charge is -2.16. The van der Waals surface area contributed by atoms with Crippen molar-refractivity contribution in [3.05, 3.63) is 80.9 Å². The molecule has 23 heavy (non-hydrogen) atoms. The molecule has 0 radical (unpaired) electrons. The van der Waals surface area contributed by atoms with Crippen molar-refractivity contribution in [3.8, 4) is 0 Å². The van der Waals surface area contributed by atoms with Gasteiger partial charge in [-0.25, -0.2) is 0 Å². The highest BCUT2D eigenvalue weighted by Crippen LogP contribution is 2.19. The molecule has 5 nitrogen and oxygen atoms in total. The van der Waals surface area contributed by atoms with E-state index >= 15 is 0 Å². The van der Waals surface area contributed by atoms with Gasteiger partial charge >= 0.3 is 0 Å². The van der Waals surface area contributed by atoms with E-state index in [-0.39, 0.29) is 11.6 Å². The van der Waals surface area contributed by atoms with Gasteiger partial charge in [-0.15, -0.1) is 0 Å². The average Bonchev–Trinajstić information content (AvgIpc) is 2.54. The third-order valence-corrected chi connectivity index (χ3v) is 3.65. The number of carbonyl (C=O) groups is 1. The van der Waals surface area contributed by atoms with E-state index in [1.807, 2.05) is 18.2 Å². The van der Waals surface area contributed by atoms with Gasteiger partial charge in [-0.3, -0.25) is 14.9 Å². The molecule has 0 unspecified atom stereocenters. The molecule has 0 spiro atoms. The van der Waals surface area contributed by atoms with Gasteiger partial charge in [-0.1, -0.05) is 41.9 Å². The highest BCUT2D eigenvalue weighted by Gasteiger charge is 2.11. The average molecular weight is 331 g/mol. The Morgan fingerprint density at radius 3 is 2.57 bits per heavy atom. The van der Waals surface area contributed by atoms with Crippen LogP contribution >= 0.6 is 11.6 Å². The van der Waals surface area contributed by atoms with Crippen LogP contribution in [0.5, 0.6) is 0 Å². The molecule has 0 N–H and O–H groups in total. The topological polar surface area (TPSA) is 63.5 Å². The smallest absolute Gasteiger partial charge is 0.276 e. The van der Waals surface area contributed by atoms with Crippen molar-refractivity contribution in [1.29, 1.82) is 0 Å². The van der Waals surface area contributed by atoms with E-state index in [0.717, 1.165) is 5.56 Å². The zero-order valence-electron chi connectivity index (χ0n) is 12.5. The van der Waals surface area contributed by atoms with E-state index in [1.165, 1.54) is 23.1 Å². The van der Waals surface area contributed by atoms with Crippen molar-refractivity contribution >= 4 is 29.3 Å². The Kier molecular flexibility index (Phi) is 5.49. The van der Waals surface area contributed by atoms with Crippen molar-refractivity contribution in [2.45, 2.75) is 6.54 Å². The van der Waals surface area contributed by atoms with Crippen LogP contribution in [0.4, 0.5) is 5.69 Å². The van der Waals surface area contributed by atoms with Crippen molar-refractivity contribution < 1.29 is 9.72 Å². The molecular formula is C17H15ClN2O3. The molecule has 2 aromatic carbocycles. The standard InChI is InChI=1S/C17H15ClN2O3/c1-19(12-14-7-2-4-8-15(14)18)17(21)11-10-13-6-3-5-9-16(13)20(22)23/h2-11H,12H2,1H3. The monoisotopic (exact) mass is 330 g/mol. The third-order valence-electron chi connectivity index (χ3n) is 3.28. The maximum Gasteiger partial charge on any atom is 0.276 e. The molecule has 0 aliphatic heterocycles. The zero-order chi connectivity index (χ0) is 16.8. The third kappa shape index (κ3) is 4.40. The van der Waals surface area contributed by atoms with Gasteiger partial charge in [0.2, 0.25) is 5.91 Å². The molecule has 0 saturated heterocycles. The summed E-state index contributed by atoms with van der Waals surface area (Å²) >= 11 is 6.07. The lowest BCUT2D eigenvalue weighted by atomic mass is 10.1. The van der Waals surface area contributed by atoms with Gasteiger partial charge in [0.05, 0.1) is 10.5 Å². The van der Waals surface area contributed by atoms with Gasteiger partial charge < -0.3 is 4.90 Å². The molecule has 1 amide bonds. The van der Waals surface area contributed by atoms with Crippen LogP contribution in [0.15, 0.2) is 54.6 Å². The van der Waals surface area contributed by atoms with Crippen LogP contribution in [0.25, 0.3) is 6.08 Å². The lowest BCUT2D eigenvalue weighted by Crippen LogP contribution is -2.24. The number of nitro groups is 1. The molecule has 0 atom stereocenters. The van der Waals surface area contributed by atoms with E-state index in [4.69, 9.17) is 11.6 Å². The van der Waals surface area contributed by atoms with Gasteiger partial charge in [0.15, 0.2) is 0 Å². The van der Waals surface area contributed by atoms with E-state index in [0.29, 0.717) is 17.1 Å². The lowest BCUT2D eigenvalue weighted by molar-refractivity contribution is -0.385. The van der Waals surface area contributed by atoms with Gasteiger partial charge in [0, 0.05) is 30.8 Å². The van der Waals surface area contributed by atoms with Gasteiger partial charge in [0.1, 0.15) is 0 Å². The van der Waals surface area contributed by atoms with Crippen molar-refractivity contribution in [1.82, 2.24) is 4.90 Å². The molecule has 0 bridgehead atoms. The summed E-state index contributed by atoms with van der Waals surface area (Å²) < 4.78 is 0. The summed E-state index contributed by atoms with van der Waals surface area (Å²) in [5.41, 5.74) is 1.19. The summed E-state index contributed by atoms with van der Waals surface area (Å²) in [4.78, 5) is 24.1. The number of benzene rings is 2. The highest BCUT2D eigenvalue weighted by atomic mass is 35.5. The van der Waals surface area contributed by atoms with Crippen molar-refractivity contribution in [2.75, 3.05) is 7.05 Å². The number of carbonyl (C=O) groups excluding carboxylic acids is 1. The predicted octanol–water partition coefficient (Wildman–Crippen LogP) is 3.92. The number of nitro benzene ring substituents is 1. The second-order valence-corrected chi connectivity index (χ2v) is 5.34. The zero-order valence-corrected chi connectivity index (χ0v) is 13.2. The van der Waals surface area contributed by atoms with Crippen LogP contribution in [0.1, 0.15) is 11.1 Å². The number of nitrogens with zero attached hydrogens (tertiary/aromatic N) is 2. The number of para-hydroxylation sites is 1. The Morgan fingerprint density at radius 2 is 1.87 bits per heavy atom. The van der Waals surface area contributed by atoms with Crippen LogP contribution in [0, 0.1) is 10.1 Å². The number of rotatable bonds is 5.